The summed E-state index contributed by atoms with van der Waals surface area (Å²) in [6.07, 6.45) is -1.96. The van der Waals surface area contributed by atoms with E-state index in [0.717, 1.165) is 30.7 Å². The summed E-state index contributed by atoms with van der Waals surface area (Å²) in [6.45, 7) is 0. The number of hydrogen-bond donors (Lipinski definition) is 2. The lowest BCUT2D eigenvalue weighted by Gasteiger charge is -2.10. The van der Waals surface area contributed by atoms with Crippen molar-refractivity contribution in [3.8, 4) is 11.8 Å². The monoisotopic (exact) mass is 479 g/mol. The zero-order chi connectivity index (χ0) is 23.6. The summed E-state index contributed by atoms with van der Waals surface area (Å²) < 4.78 is 44.8. The fourth-order valence-corrected chi connectivity index (χ4v) is 3.76. The predicted molar refractivity (Wildman–Crippen MR) is 112 cm³/mol. The third kappa shape index (κ3) is 6.06. The van der Waals surface area contributed by atoms with Gasteiger partial charge in [-0.05, 0) is 48.7 Å². The lowest BCUT2D eigenvalue weighted by atomic mass is 10.2. The predicted octanol–water partition coefficient (Wildman–Crippen LogP) is 3.56. The van der Waals surface area contributed by atoms with Crippen molar-refractivity contribution in [1.82, 2.24) is 15.3 Å². The molecule has 4 rings (SSSR count). The maximum absolute atomic E-state index is 13.1. The van der Waals surface area contributed by atoms with Gasteiger partial charge in [0.1, 0.15) is 11.0 Å². The van der Waals surface area contributed by atoms with Crippen molar-refractivity contribution in [1.29, 1.82) is 0 Å². The topological polar surface area (TPSA) is 126 Å². The summed E-state index contributed by atoms with van der Waals surface area (Å²) in [5.74, 6) is -1.29. The van der Waals surface area contributed by atoms with Gasteiger partial charge < -0.3 is 15.2 Å². The number of hydrogen-bond acceptors (Lipinski definition) is 8. The molecule has 1 aliphatic heterocycles. The van der Waals surface area contributed by atoms with Gasteiger partial charge >= 0.3 is 18.2 Å². The highest BCUT2D eigenvalue weighted by atomic mass is 32.2. The number of aromatic nitrogens is 2. The number of carbonyl (C=O) groups is 2. The summed E-state index contributed by atoms with van der Waals surface area (Å²) in [5.41, 5.74) is -0.121. The minimum Gasteiger partial charge on any atom is -0.481 e. The maximum atomic E-state index is 13.1. The maximum Gasteiger partial charge on any atom is 0.433 e. The number of halogens is 3. The van der Waals surface area contributed by atoms with Crippen molar-refractivity contribution >= 4 is 35.0 Å². The van der Waals surface area contributed by atoms with Crippen LogP contribution in [0.1, 0.15) is 42.1 Å². The Morgan fingerprint density at radius 1 is 1.27 bits per heavy atom. The van der Waals surface area contributed by atoms with Crippen LogP contribution in [0, 0.1) is 0 Å². The van der Waals surface area contributed by atoms with Gasteiger partial charge in [-0.25, -0.2) is 0 Å². The Balaban J connectivity index is 1.40. The third-order valence-electron chi connectivity index (χ3n) is 4.59. The van der Waals surface area contributed by atoms with E-state index in [9.17, 15) is 22.8 Å². The summed E-state index contributed by atoms with van der Waals surface area (Å²) in [6, 6.07) is 6.82. The second-order valence-corrected chi connectivity index (χ2v) is 8.44. The van der Waals surface area contributed by atoms with Crippen LogP contribution in [0.25, 0.3) is 0 Å². The number of thioether (sulfide) groups is 1. The van der Waals surface area contributed by atoms with E-state index in [2.05, 4.69) is 25.5 Å². The largest absolute Gasteiger partial charge is 0.481 e. The van der Waals surface area contributed by atoms with Crippen LogP contribution in [0.3, 0.4) is 0 Å². The molecule has 1 aromatic carbocycles. The molecule has 2 aromatic rings. The van der Waals surface area contributed by atoms with Crippen LogP contribution in [-0.2, 0) is 15.8 Å². The van der Waals surface area contributed by atoms with E-state index in [4.69, 9.17) is 9.84 Å². The molecule has 0 bridgehead atoms. The van der Waals surface area contributed by atoms with Crippen molar-refractivity contribution in [2.45, 2.75) is 36.6 Å². The van der Waals surface area contributed by atoms with Crippen molar-refractivity contribution in [2.75, 3.05) is 0 Å². The Bertz CT molecular complexity index is 1130. The van der Waals surface area contributed by atoms with Crippen LogP contribution in [0.15, 0.2) is 40.5 Å². The van der Waals surface area contributed by atoms with Gasteiger partial charge in [0.25, 0.3) is 0 Å². The number of alkyl halides is 3. The van der Waals surface area contributed by atoms with Crippen molar-refractivity contribution < 1.29 is 32.6 Å². The molecule has 172 valence electrons. The molecule has 2 N–H and O–H groups in total. The van der Waals surface area contributed by atoms with Crippen molar-refractivity contribution in [3.63, 3.8) is 0 Å². The van der Waals surface area contributed by atoms with Gasteiger partial charge in [-0.1, -0.05) is 11.8 Å². The van der Waals surface area contributed by atoms with Gasteiger partial charge in [-0.2, -0.15) is 28.2 Å². The number of carboxylic acids is 1. The first kappa shape index (κ1) is 22.7. The summed E-state index contributed by atoms with van der Waals surface area (Å²) in [4.78, 5) is 30.0. The molecular formula is C20H16F3N5O4S. The molecular weight excluding hydrogens is 463 g/mol. The normalized spacial score (nSPS) is 19.8. The van der Waals surface area contributed by atoms with Gasteiger partial charge in [-0.3, -0.25) is 9.59 Å². The first-order valence-corrected chi connectivity index (χ1v) is 10.6. The van der Waals surface area contributed by atoms with Gasteiger partial charge in [0.2, 0.25) is 5.91 Å². The summed E-state index contributed by atoms with van der Waals surface area (Å²) >= 11 is 0.977. The quantitative estimate of drug-likeness (QED) is 0.459. The standard InChI is InChI=1S/C20H16F3N5O4S/c21-20(22,23)15-7-13(11-3-4-11)25-18(26-15)32-12-5-1-10(2-6-12)9-24-28-19-27-17(31)14(33-19)8-16(29)30/h1-2,5-7,9,11,14H,3-4,8H2,(H,29,30)(H,27,28,31). The number of amides is 1. The van der Waals surface area contributed by atoms with E-state index in [-0.39, 0.29) is 29.3 Å². The molecule has 0 radical (unpaired) electrons. The van der Waals surface area contributed by atoms with E-state index in [1.807, 2.05) is 0 Å². The molecule has 1 saturated heterocycles. The molecule has 1 amide bonds. The average molecular weight is 479 g/mol. The number of ether oxygens (including phenoxy) is 1. The number of nitrogens with one attached hydrogen (secondary N) is 1. The Labute approximate surface area is 189 Å². The second kappa shape index (κ2) is 9.17. The molecule has 9 nitrogen and oxygen atoms in total. The zero-order valence-corrected chi connectivity index (χ0v) is 17.6. The molecule has 1 aromatic heterocycles. The van der Waals surface area contributed by atoms with E-state index in [1.165, 1.54) is 18.3 Å². The summed E-state index contributed by atoms with van der Waals surface area (Å²) in [5, 5.41) is 18.4. The zero-order valence-electron chi connectivity index (χ0n) is 16.7. The van der Waals surface area contributed by atoms with E-state index >= 15 is 0 Å². The summed E-state index contributed by atoms with van der Waals surface area (Å²) in [7, 11) is 0. The van der Waals surface area contributed by atoms with Gasteiger partial charge in [0.15, 0.2) is 10.9 Å². The first-order chi connectivity index (χ1) is 15.7. The number of aliphatic carboxylic acids is 1. The first-order valence-electron chi connectivity index (χ1n) is 9.72. The van der Waals surface area contributed by atoms with Crippen molar-refractivity contribution in [3.05, 3.63) is 47.3 Å². The Kier molecular flexibility index (Phi) is 6.31. The number of carbonyl (C=O) groups excluding carboxylic acids is 1. The molecule has 33 heavy (non-hydrogen) atoms. The number of carboxylic acid groups (broad SMARTS) is 1. The molecule has 2 fully saturated rings. The van der Waals surface area contributed by atoms with E-state index in [0.29, 0.717) is 11.3 Å². The lowest BCUT2D eigenvalue weighted by Crippen LogP contribution is -2.26. The highest BCUT2D eigenvalue weighted by Gasteiger charge is 2.36. The fraction of sp³-hybridized carbons (Fsp3) is 0.300. The Hall–Kier alpha value is -3.48. The van der Waals surface area contributed by atoms with Crippen LogP contribution in [0.5, 0.6) is 11.8 Å². The minimum atomic E-state index is -4.60. The lowest BCUT2D eigenvalue weighted by molar-refractivity contribution is -0.141. The molecule has 1 saturated carbocycles. The molecule has 2 aliphatic rings. The van der Waals surface area contributed by atoms with E-state index in [1.54, 1.807) is 12.1 Å². The smallest absolute Gasteiger partial charge is 0.433 e. The fourth-order valence-electron chi connectivity index (χ4n) is 2.84. The average Bonchev–Trinajstić information content (AvgIpc) is 3.53. The van der Waals surface area contributed by atoms with Crippen LogP contribution in [0.2, 0.25) is 0 Å². The van der Waals surface area contributed by atoms with Crippen LogP contribution in [-0.4, -0.2) is 43.6 Å². The highest BCUT2D eigenvalue weighted by molar-refractivity contribution is 8.15. The molecule has 1 aliphatic carbocycles. The van der Waals surface area contributed by atoms with Gasteiger partial charge in [-0.15, -0.1) is 5.10 Å². The van der Waals surface area contributed by atoms with Crippen LogP contribution < -0.4 is 10.1 Å². The second-order valence-electron chi connectivity index (χ2n) is 7.25. The number of benzene rings is 1. The minimum absolute atomic E-state index is 0.00104. The molecule has 0 spiro atoms. The Morgan fingerprint density at radius 2 is 2.00 bits per heavy atom. The third-order valence-corrected chi connectivity index (χ3v) is 5.66. The van der Waals surface area contributed by atoms with E-state index < -0.39 is 29.0 Å². The molecule has 2 heterocycles. The molecule has 1 unspecified atom stereocenters. The Morgan fingerprint density at radius 3 is 2.64 bits per heavy atom. The number of nitrogens with zero attached hydrogens (tertiary/aromatic N) is 4. The molecule has 13 heteroatoms. The SMILES string of the molecule is O=C(O)CC1SC(=NN=Cc2ccc(Oc3nc(C4CC4)cc(C(F)(F)F)n3)cc2)NC1=O. The van der Waals surface area contributed by atoms with Gasteiger partial charge in [0.05, 0.1) is 18.3 Å². The molecule has 1 atom stereocenters. The van der Waals surface area contributed by atoms with Crippen molar-refractivity contribution in [2.24, 2.45) is 10.2 Å². The van der Waals surface area contributed by atoms with Crippen LogP contribution >= 0.6 is 11.8 Å². The number of rotatable bonds is 7. The highest BCUT2D eigenvalue weighted by Crippen LogP contribution is 2.41. The van der Waals surface area contributed by atoms with Crippen LogP contribution in [0.4, 0.5) is 13.2 Å². The number of amidine groups is 1. The van der Waals surface area contributed by atoms with Gasteiger partial charge in [0, 0.05) is 5.92 Å².